The number of hydrogen-bond acceptors (Lipinski definition) is 8. The molecule has 27 heavy (non-hydrogen) atoms. The van der Waals surface area contributed by atoms with Crippen molar-refractivity contribution < 1.29 is 9.84 Å². The highest BCUT2D eigenvalue weighted by atomic mass is 35.5. The van der Waals surface area contributed by atoms with Crippen molar-refractivity contribution >= 4 is 39.1 Å². The average molecular weight is 412 g/mol. The Kier molecular flexibility index (Phi) is 5.53. The summed E-state index contributed by atoms with van der Waals surface area (Å²) < 4.78 is 5.44. The van der Waals surface area contributed by atoms with Crippen molar-refractivity contribution in [3.63, 3.8) is 0 Å². The highest BCUT2D eigenvalue weighted by molar-refractivity contribution is 7.18. The fraction of sp³-hybridized carbons (Fsp3) is 0.722. The van der Waals surface area contributed by atoms with Crippen LogP contribution in [0.5, 0.6) is 0 Å². The molecule has 148 valence electrons. The van der Waals surface area contributed by atoms with Gasteiger partial charge in [0.1, 0.15) is 10.5 Å². The second kappa shape index (κ2) is 7.75. The number of anilines is 1. The fourth-order valence-corrected chi connectivity index (χ4v) is 5.07. The van der Waals surface area contributed by atoms with E-state index in [0.29, 0.717) is 19.1 Å². The van der Waals surface area contributed by atoms with E-state index in [4.69, 9.17) is 21.3 Å². The maximum Gasteiger partial charge on any atom is 0.225 e. The largest absolute Gasteiger partial charge is 0.390 e. The minimum Gasteiger partial charge on any atom is -0.390 e. The standard InChI is InChI=1S/C18H26ClN5O2S/c1-18(2,25)12-3-5-23(6-4-12)11-13-20-14-15(24-7-9-26-10-8-24)21-17(19)22-16(14)27-13/h12,25H,3-11H2,1-2H3. The molecule has 0 radical (unpaired) electrons. The van der Waals surface area contributed by atoms with E-state index in [1.807, 2.05) is 13.8 Å². The molecule has 0 atom stereocenters. The number of aliphatic hydroxyl groups is 1. The molecule has 2 saturated heterocycles. The molecule has 0 spiro atoms. The first-order chi connectivity index (χ1) is 12.9. The minimum atomic E-state index is -0.596. The van der Waals surface area contributed by atoms with E-state index in [2.05, 4.69) is 19.8 Å². The van der Waals surface area contributed by atoms with Crippen LogP contribution < -0.4 is 4.90 Å². The molecule has 0 bridgehead atoms. The van der Waals surface area contributed by atoms with Gasteiger partial charge in [0.05, 0.1) is 25.4 Å². The topological polar surface area (TPSA) is 74.6 Å². The van der Waals surface area contributed by atoms with Gasteiger partial charge in [0, 0.05) is 13.1 Å². The number of piperidine rings is 1. The summed E-state index contributed by atoms with van der Waals surface area (Å²) in [6.07, 6.45) is 2.03. The number of hydrogen-bond donors (Lipinski definition) is 1. The molecule has 0 saturated carbocycles. The van der Waals surface area contributed by atoms with Crippen LogP contribution in [0.1, 0.15) is 31.7 Å². The van der Waals surface area contributed by atoms with Crippen LogP contribution in [0.25, 0.3) is 10.3 Å². The Bertz CT molecular complexity index is 795. The number of nitrogens with zero attached hydrogens (tertiary/aromatic N) is 5. The van der Waals surface area contributed by atoms with Crippen molar-refractivity contribution in [3.05, 3.63) is 10.3 Å². The molecule has 7 nitrogen and oxygen atoms in total. The van der Waals surface area contributed by atoms with Crippen LogP contribution in [0, 0.1) is 5.92 Å². The van der Waals surface area contributed by atoms with E-state index in [1.54, 1.807) is 11.3 Å². The van der Waals surface area contributed by atoms with Gasteiger partial charge < -0.3 is 14.7 Å². The quantitative estimate of drug-likeness (QED) is 0.775. The van der Waals surface area contributed by atoms with E-state index in [9.17, 15) is 5.11 Å². The molecule has 0 aliphatic carbocycles. The summed E-state index contributed by atoms with van der Waals surface area (Å²) in [6, 6.07) is 0. The van der Waals surface area contributed by atoms with Gasteiger partial charge in [-0.1, -0.05) is 11.3 Å². The number of rotatable bonds is 4. The molecule has 4 heterocycles. The van der Waals surface area contributed by atoms with Crippen LogP contribution >= 0.6 is 22.9 Å². The number of ether oxygens (including phenoxy) is 1. The molecular formula is C18H26ClN5O2S. The van der Waals surface area contributed by atoms with E-state index < -0.39 is 5.60 Å². The number of thiazole rings is 1. The van der Waals surface area contributed by atoms with Crippen LogP contribution in [0.3, 0.4) is 0 Å². The number of halogens is 1. The van der Waals surface area contributed by atoms with Crippen LogP contribution in [-0.2, 0) is 11.3 Å². The Hall–Kier alpha value is -1.06. The SMILES string of the molecule is CC(C)(O)C1CCN(Cc2nc3c(N4CCOCC4)nc(Cl)nc3s2)CC1. The summed E-state index contributed by atoms with van der Waals surface area (Å²) in [4.78, 5) is 19.1. The molecule has 9 heteroatoms. The van der Waals surface area contributed by atoms with Crippen molar-refractivity contribution in [1.82, 2.24) is 19.9 Å². The second-order valence-electron chi connectivity index (χ2n) is 7.88. The molecule has 1 N–H and O–H groups in total. The third-order valence-corrected chi connectivity index (χ3v) is 6.62. The Balaban J connectivity index is 1.50. The lowest BCUT2D eigenvalue weighted by Gasteiger charge is -2.37. The van der Waals surface area contributed by atoms with Crippen molar-refractivity contribution in [2.45, 2.75) is 38.8 Å². The molecule has 0 amide bonds. The Labute approximate surface area is 168 Å². The van der Waals surface area contributed by atoms with Gasteiger partial charge in [0.15, 0.2) is 10.6 Å². The molecule has 2 aromatic heterocycles. The number of fused-ring (bicyclic) bond motifs is 1. The molecule has 0 unspecified atom stereocenters. The predicted octanol–water partition coefficient (Wildman–Crippen LogP) is 2.56. The predicted molar refractivity (Wildman–Crippen MR) is 108 cm³/mol. The summed E-state index contributed by atoms with van der Waals surface area (Å²) in [7, 11) is 0. The van der Waals surface area contributed by atoms with Crippen molar-refractivity contribution in [2.24, 2.45) is 5.92 Å². The van der Waals surface area contributed by atoms with E-state index in [-0.39, 0.29) is 5.28 Å². The van der Waals surface area contributed by atoms with Gasteiger partial charge in [-0.25, -0.2) is 9.97 Å². The normalized spacial score (nSPS) is 20.5. The number of aromatic nitrogens is 3. The molecule has 2 aliphatic rings. The highest BCUT2D eigenvalue weighted by Gasteiger charge is 2.31. The molecule has 2 fully saturated rings. The number of morpholine rings is 1. The zero-order chi connectivity index (χ0) is 19.0. The smallest absolute Gasteiger partial charge is 0.225 e. The van der Waals surface area contributed by atoms with E-state index >= 15 is 0 Å². The van der Waals surface area contributed by atoms with Crippen LogP contribution in [0.4, 0.5) is 5.82 Å². The van der Waals surface area contributed by atoms with Gasteiger partial charge in [-0.15, -0.1) is 0 Å². The molecule has 4 rings (SSSR count). The van der Waals surface area contributed by atoms with Crippen LogP contribution in [0.15, 0.2) is 0 Å². The van der Waals surface area contributed by atoms with Crippen molar-refractivity contribution in [2.75, 3.05) is 44.3 Å². The van der Waals surface area contributed by atoms with Gasteiger partial charge in [-0.3, -0.25) is 4.90 Å². The molecule has 0 aromatic carbocycles. The van der Waals surface area contributed by atoms with Crippen molar-refractivity contribution in [3.8, 4) is 0 Å². The Morgan fingerprint density at radius 3 is 2.52 bits per heavy atom. The maximum atomic E-state index is 10.2. The first kappa shape index (κ1) is 19.3. The summed E-state index contributed by atoms with van der Waals surface area (Å²) >= 11 is 7.76. The monoisotopic (exact) mass is 411 g/mol. The zero-order valence-corrected chi connectivity index (χ0v) is 17.4. The molecule has 2 aromatic rings. The van der Waals surface area contributed by atoms with Gasteiger partial charge in [-0.2, -0.15) is 4.98 Å². The first-order valence-electron chi connectivity index (χ1n) is 9.50. The van der Waals surface area contributed by atoms with Gasteiger partial charge >= 0.3 is 0 Å². The van der Waals surface area contributed by atoms with Crippen LogP contribution in [0.2, 0.25) is 5.28 Å². The second-order valence-corrected chi connectivity index (χ2v) is 9.28. The lowest BCUT2D eigenvalue weighted by molar-refractivity contribution is -0.0136. The fourth-order valence-electron chi connectivity index (χ4n) is 3.88. The van der Waals surface area contributed by atoms with E-state index in [0.717, 1.165) is 66.7 Å². The lowest BCUT2D eigenvalue weighted by Crippen LogP contribution is -2.41. The first-order valence-corrected chi connectivity index (χ1v) is 10.7. The lowest BCUT2D eigenvalue weighted by atomic mass is 9.83. The third kappa shape index (κ3) is 4.35. The van der Waals surface area contributed by atoms with Gasteiger partial charge in [0.25, 0.3) is 0 Å². The van der Waals surface area contributed by atoms with Crippen LogP contribution in [-0.4, -0.2) is 70.0 Å². The number of likely N-dealkylation sites (tertiary alicyclic amines) is 1. The summed E-state index contributed by atoms with van der Waals surface area (Å²) in [5.74, 6) is 1.18. The Morgan fingerprint density at radius 1 is 1.15 bits per heavy atom. The average Bonchev–Trinajstić information content (AvgIpc) is 3.03. The summed E-state index contributed by atoms with van der Waals surface area (Å²) in [6.45, 7) is 9.55. The van der Waals surface area contributed by atoms with Gasteiger partial charge in [0.2, 0.25) is 5.28 Å². The maximum absolute atomic E-state index is 10.2. The zero-order valence-electron chi connectivity index (χ0n) is 15.8. The Morgan fingerprint density at radius 2 is 1.85 bits per heavy atom. The molecule has 2 aliphatic heterocycles. The minimum absolute atomic E-state index is 0.269. The van der Waals surface area contributed by atoms with Gasteiger partial charge in [-0.05, 0) is 57.3 Å². The molecular weight excluding hydrogens is 386 g/mol. The summed E-state index contributed by atoms with van der Waals surface area (Å²) in [5.41, 5.74) is 0.245. The highest BCUT2D eigenvalue weighted by Crippen LogP contribution is 2.32. The summed E-state index contributed by atoms with van der Waals surface area (Å²) in [5, 5.41) is 11.5. The van der Waals surface area contributed by atoms with E-state index in [1.165, 1.54) is 0 Å². The third-order valence-electron chi connectivity index (χ3n) is 5.51. The van der Waals surface area contributed by atoms with Crippen molar-refractivity contribution in [1.29, 1.82) is 0 Å².